The molecule has 0 amide bonds. The maximum Gasteiger partial charge on any atom is 0.334 e. The van der Waals surface area contributed by atoms with Gasteiger partial charge in [0.25, 0.3) is 0 Å². The molecule has 0 heterocycles. The molecule has 2 rings (SSSR count). The van der Waals surface area contributed by atoms with Crippen LogP contribution in [0.2, 0.25) is 0 Å². The molecule has 1 aliphatic rings. The molecule has 0 saturated carbocycles. The standard InChI is InChI=1S/C20H25ClO3/c1-4-23-19(22)17-10-11-18(16-8-6-5-7-9-16)20(21,14-17)24-13-12-15(2)3/h5-11,15H,4,12-14H2,1-3H3. The topological polar surface area (TPSA) is 35.5 Å². The first-order valence-corrected chi connectivity index (χ1v) is 8.81. The highest BCUT2D eigenvalue weighted by Gasteiger charge is 2.38. The summed E-state index contributed by atoms with van der Waals surface area (Å²) < 4.78 is 11.2. The van der Waals surface area contributed by atoms with Gasteiger partial charge in [-0.05, 0) is 24.8 Å². The van der Waals surface area contributed by atoms with Crippen molar-refractivity contribution in [2.24, 2.45) is 5.92 Å². The Morgan fingerprint density at radius 3 is 2.58 bits per heavy atom. The molecular weight excluding hydrogens is 324 g/mol. The van der Waals surface area contributed by atoms with Gasteiger partial charge in [0.15, 0.2) is 5.06 Å². The van der Waals surface area contributed by atoms with E-state index in [4.69, 9.17) is 21.1 Å². The third-order valence-electron chi connectivity index (χ3n) is 3.92. The number of hydrogen-bond acceptors (Lipinski definition) is 3. The predicted octanol–water partition coefficient (Wildman–Crippen LogP) is 4.96. The second kappa shape index (κ2) is 8.50. The van der Waals surface area contributed by atoms with E-state index in [2.05, 4.69) is 13.8 Å². The summed E-state index contributed by atoms with van der Waals surface area (Å²) >= 11 is 6.86. The molecule has 0 fully saturated rings. The van der Waals surface area contributed by atoms with Gasteiger partial charge in [0.05, 0.1) is 6.61 Å². The van der Waals surface area contributed by atoms with Gasteiger partial charge in [0.2, 0.25) is 0 Å². The van der Waals surface area contributed by atoms with Crippen LogP contribution in [0.1, 0.15) is 39.2 Å². The van der Waals surface area contributed by atoms with Crippen molar-refractivity contribution in [3.05, 3.63) is 53.6 Å². The Labute approximate surface area is 149 Å². The Morgan fingerprint density at radius 1 is 1.25 bits per heavy atom. The number of carbonyl (C=O) groups is 1. The number of halogens is 1. The van der Waals surface area contributed by atoms with E-state index >= 15 is 0 Å². The van der Waals surface area contributed by atoms with Crippen molar-refractivity contribution in [3.8, 4) is 0 Å². The van der Waals surface area contributed by atoms with Gasteiger partial charge in [-0.2, -0.15) is 0 Å². The quantitative estimate of drug-likeness (QED) is 0.516. The minimum absolute atomic E-state index is 0.298. The van der Waals surface area contributed by atoms with Crippen LogP contribution in [0.4, 0.5) is 0 Å². The Morgan fingerprint density at radius 2 is 1.96 bits per heavy atom. The summed E-state index contributed by atoms with van der Waals surface area (Å²) in [5.74, 6) is 0.191. The first kappa shape index (κ1) is 18.8. The monoisotopic (exact) mass is 348 g/mol. The molecule has 0 bridgehead atoms. The molecule has 24 heavy (non-hydrogen) atoms. The van der Waals surface area contributed by atoms with Crippen LogP contribution >= 0.6 is 11.6 Å². The van der Waals surface area contributed by atoms with Gasteiger partial charge in [-0.3, -0.25) is 0 Å². The van der Waals surface area contributed by atoms with Crippen LogP contribution < -0.4 is 0 Å². The van der Waals surface area contributed by atoms with Gasteiger partial charge in [0.1, 0.15) is 0 Å². The third kappa shape index (κ3) is 4.71. The normalized spacial score (nSPS) is 20.5. The largest absolute Gasteiger partial charge is 0.463 e. The van der Waals surface area contributed by atoms with Crippen LogP contribution in [0.15, 0.2) is 48.1 Å². The number of carbonyl (C=O) groups excluding carboxylic acids is 1. The molecule has 0 aromatic heterocycles. The zero-order valence-electron chi connectivity index (χ0n) is 14.5. The summed E-state index contributed by atoms with van der Waals surface area (Å²) in [5.41, 5.74) is 2.41. The molecule has 0 radical (unpaired) electrons. The minimum Gasteiger partial charge on any atom is -0.463 e. The molecule has 1 aliphatic carbocycles. The van der Waals surface area contributed by atoms with Gasteiger partial charge in [-0.1, -0.05) is 67.9 Å². The van der Waals surface area contributed by atoms with Gasteiger partial charge in [0, 0.05) is 24.2 Å². The first-order valence-electron chi connectivity index (χ1n) is 8.43. The van der Waals surface area contributed by atoms with E-state index in [9.17, 15) is 4.79 Å². The van der Waals surface area contributed by atoms with Crippen molar-refractivity contribution in [2.75, 3.05) is 13.2 Å². The zero-order chi connectivity index (χ0) is 17.6. The maximum atomic E-state index is 12.1. The lowest BCUT2D eigenvalue weighted by Gasteiger charge is -2.33. The highest BCUT2D eigenvalue weighted by molar-refractivity contribution is 6.30. The van der Waals surface area contributed by atoms with E-state index in [1.54, 1.807) is 13.0 Å². The van der Waals surface area contributed by atoms with Crippen molar-refractivity contribution < 1.29 is 14.3 Å². The highest BCUT2D eigenvalue weighted by atomic mass is 35.5. The molecule has 3 nitrogen and oxygen atoms in total. The number of benzene rings is 1. The Kier molecular flexibility index (Phi) is 6.64. The van der Waals surface area contributed by atoms with Crippen molar-refractivity contribution in [1.82, 2.24) is 0 Å². The molecule has 130 valence electrons. The van der Waals surface area contributed by atoms with E-state index < -0.39 is 5.06 Å². The van der Waals surface area contributed by atoms with Gasteiger partial charge in [-0.15, -0.1) is 0 Å². The van der Waals surface area contributed by atoms with Crippen LogP contribution in [-0.4, -0.2) is 24.2 Å². The summed E-state index contributed by atoms with van der Waals surface area (Å²) in [5, 5.41) is -1.05. The zero-order valence-corrected chi connectivity index (χ0v) is 15.3. The van der Waals surface area contributed by atoms with Crippen molar-refractivity contribution in [1.29, 1.82) is 0 Å². The van der Waals surface area contributed by atoms with E-state index in [-0.39, 0.29) is 5.97 Å². The molecule has 1 atom stereocenters. The van der Waals surface area contributed by atoms with E-state index in [1.807, 2.05) is 36.4 Å². The predicted molar refractivity (Wildman–Crippen MR) is 97.7 cm³/mol. The van der Waals surface area contributed by atoms with E-state index in [0.717, 1.165) is 17.6 Å². The summed E-state index contributed by atoms with van der Waals surface area (Å²) in [6, 6.07) is 9.89. The van der Waals surface area contributed by atoms with Gasteiger partial charge < -0.3 is 9.47 Å². The van der Waals surface area contributed by atoms with E-state index in [0.29, 0.717) is 31.1 Å². The molecule has 1 unspecified atom stereocenters. The highest BCUT2D eigenvalue weighted by Crippen LogP contribution is 2.42. The lowest BCUT2D eigenvalue weighted by atomic mass is 9.89. The SMILES string of the molecule is CCOC(=O)C1=CC=C(c2ccccc2)C(Cl)(OCCC(C)C)C1. The summed E-state index contributed by atoms with van der Waals surface area (Å²) in [6.07, 6.45) is 4.86. The average molecular weight is 349 g/mol. The number of ether oxygens (including phenoxy) is 2. The summed E-state index contributed by atoms with van der Waals surface area (Å²) in [7, 11) is 0. The van der Waals surface area contributed by atoms with Gasteiger partial charge in [-0.25, -0.2) is 4.79 Å². The lowest BCUT2D eigenvalue weighted by Crippen LogP contribution is -2.32. The molecular formula is C20H25ClO3. The second-order valence-corrected chi connectivity index (χ2v) is 6.91. The maximum absolute atomic E-state index is 12.1. The molecule has 0 spiro atoms. The van der Waals surface area contributed by atoms with Crippen LogP contribution in [-0.2, 0) is 14.3 Å². The molecule has 4 heteroatoms. The Bertz CT molecular complexity index is 619. The van der Waals surface area contributed by atoms with Crippen LogP contribution in [0.25, 0.3) is 5.57 Å². The van der Waals surface area contributed by atoms with Crippen LogP contribution in [0.5, 0.6) is 0 Å². The molecule has 1 aromatic carbocycles. The minimum atomic E-state index is -1.05. The van der Waals surface area contributed by atoms with Crippen LogP contribution in [0, 0.1) is 5.92 Å². The third-order valence-corrected chi connectivity index (χ3v) is 4.37. The van der Waals surface area contributed by atoms with Crippen LogP contribution in [0.3, 0.4) is 0 Å². The number of alkyl halides is 1. The Balaban J connectivity index is 2.29. The summed E-state index contributed by atoms with van der Waals surface area (Å²) in [6.45, 7) is 6.96. The fourth-order valence-electron chi connectivity index (χ4n) is 2.59. The van der Waals surface area contributed by atoms with Gasteiger partial charge >= 0.3 is 5.97 Å². The first-order chi connectivity index (χ1) is 11.5. The average Bonchev–Trinajstić information content (AvgIpc) is 2.55. The smallest absolute Gasteiger partial charge is 0.334 e. The van der Waals surface area contributed by atoms with E-state index in [1.165, 1.54) is 0 Å². The fraction of sp³-hybridized carbons (Fsp3) is 0.450. The Hall–Kier alpha value is -1.58. The number of esters is 1. The number of rotatable bonds is 7. The lowest BCUT2D eigenvalue weighted by molar-refractivity contribution is -0.139. The molecule has 0 N–H and O–H groups in total. The molecule has 0 saturated heterocycles. The summed E-state index contributed by atoms with van der Waals surface area (Å²) in [4.78, 5) is 12.1. The molecule has 1 aromatic rings. The second-order valence-electron chi connectivity index (χ2n) is 6.29. The molecule has 0 aliphatic heterocycles. The van der Waals surface area contributed by atoms with Crippen molar-refractivity contribution >= 4 is 23.1 Å². The number of hydrogen-bond donors (Lipinski definition) is 0. The van der Waals surface area contributed by atoms with Crippen molar-refractivity contribution in [3.63, 3.8) is 0 Å². The fourth-order valence-corrected chi connectivity index (χ4v) is 2.98. The number of allylic oxidation sites excluding steroid dienone is 2. The van der Waals surface area contributed by atoms with Crippen molar-refractivity contribution in [2.45, 2.75) is 38.7 Å².